The van der Waals surface area contributed by atoms with Gasteiger partial charge >= 0.3 is 5.97 Å². The Morgan fingerprint density at radius 2 is 2.21 bits per heavy atom. The lowest BCUT2D eigenvalue weighted by atomic mass is 9.75. The van der Waals surface area contributed by atoms with E-state index in [0.717, 1.165) is 24.9 Å². The van der Waals surface area contributed by atoms with Crippen LogP contribution < -0.4 is 0 Å². The van der Waals surface area contributed by atoms with E-state index in [1.54, 1.807) is 6.20 Å². The van der Waals surface area contributed by atoms with Crippen molar-refractivity contribution in [1.29, 1.82) is 0 Å². The van der Waals surface area contributed by atoms with E-state index < -0.39 is 21.4 Å². The van der Waals surface area contributed by atoms with Crippen LogP contribution in [0.25, 0.3) is 0 Å². The van der Waals surface area contributed by atoms with E-state index in [-0.39, 0.29) is 19.0 Å². The lowest BCUT2D eigenvalue weighted by Crippen LogP contribution is -2.41. The van der Waals surface area contributed by atoms with Crippen LogP contribution in [0.15, 0.2) is 24.4 Å². The van der Waals surface area contributed by atoms with Gasteiger partial charge in [-0.3, -0.25) is 14.7 Å². The van der Waals surface area contributed by atoms with Crippen molar-refractivity contribution in [2.75, 3.05) is 32.4 Å². The maximum Gasteiger partial charge on any atom is 0.311 e. The minimum absolute atomic E-state index is 0.0866. The second kappa shape index (κ2) is 6.42. The molecule has 0 aliphatic carbocycles. The predicted molar refractivity (Wildman–Crippen MR) is 88.7 cm³/mol. The Morgan fingerprint density at radius 1 is 1.42 bits per heavy atom. The maximum absolute atomic E-state index is 12.0. The number of aliphatic carboxylic acids is 1. The second-order valence-corrected chi connectivity index (χ2v) is 8.86. The first kappa shape index (κ1) is 17.3. The summed E-state index contributed by atoms with van der Waals surface area (Å²) in [7, 11) is -3.38. The average molecular weight is 353 g/mol. The maximum atomic E-state index is 12.0. The van der Waals surface area contributed by atoms with Crippen LogP contribution in [0.3, 0.4) is 0 Å². The fourth-order valence-electron chi connectivity index (χ4n) is 3.93. The SMILES string of the molecule is CS(=O)(=O)N1C[C@H]2CN(Cc3ccccn3)CCC[C@@]2(C(=O)O)C1. The molecule has 2 atom stereocenters. The molecule has 24 heavy (non-hydrogen) atoms. The molecule has 0 bridgehead atoms. The minimum Gasteiger partial charge on any atom is -0.481 e. The summed E-state index contributed by atoms with van der Waals surface area (Å²) < 4.78 is 25.1. The Hall–Kier alpha value is -1.51. The molecule has 2 aliphatic heterocycles. The van der Waals surface area contributed by atoms with E-state index in [0.29, 0.717) is 19.5 Å². The molecule has 2 saturated heterocycles. The molecule has 0 unspecified atom stereocenters. The van der Waals surface area contributed by atoms with Crippen LogP contribution in [0.1, 0.15) is 18.5 Å². The van der Waals surface area contributed by atoms with Gasteiger partial charge in [0.05, 0.1) is 17.4 Å². The number of hydrogen-bond acceptors (Lipinski definition) is 5. The van der Waals surface area contributed by atoms with E-state index in [9.17, 15) is 18.3 Å². The predicted octanol–water partition coefficient (Wildman–Crippen LogP) is 0.640. The van der Waals surface area contributed by atoms with Gasteiger partial charge in [0.25, 0.3) is 0 Å². The van der Waals surface area contributed by atoms with Gasteiger partial charge in [0.15, 0.2) is 0 Å². The number of pyridine rings is 1. The third kappa shape index (κ3) is 3.31. The first-order chi connectivity index (χ1) is 11.3. The zero-order chi connectivity index (χ0) is 17.4. The molecule has 1 aromatic heterocycles. The van der Waals surface area contributed by atoms with Crippen LogP contribution in [-0.4, -0.2) is 66.1 Å². The lowest BCUT2D eigenvalue weighted by molar-refractivity contribution is -0.150. The summed E-state index contributed by atoms with van der Waals surface area (Å²) in [6.45, 7) is 2.41. The van der Waals surface area contributed by atoms with Crippen LogP contribution in [-0.2, 0) is 21.4 Å². The van der Waals surface area contributed by atoms with Crippen LogP contribution >= 0.6 is 0 Å². The van der Waals surface area contributed by atoms with Gasteiger partial charge in [-0.1, -0.05) is 6.07 Å². The summed E-state index contributed by atoms with van der Waals surface area (Å²) in [6.07, 6.45) is 4.15. The fraction of sp³-hybridized carbons (Fsp3) is 0.625. The largest absolute Gasteiger partial charge is 0.481 e. The number of nitrogens with zero attached hydrogens (tertiary/aromatic N) is 3. The summed E-state index contributed by atoms with van der Waals surface area (Å²) in [5.74, 6) is -1.07. The lowest BCUT2D eigenvalue weighted by Gasteiger charge is -2.29. The topological polar surface area (TPSA) is 90.8 Å². The summed E-state index contributed by atoms with van der Waals surface area (Å²) in [5.41, 5.74) is -0.0274. The number of hydrogen-bond donors (Lipinski definition) is 1. The van der Waals surface area contributed by atoms with Gasteiger partial charge < -0.3 is 5.11 Å². The van der Waals surface area contributed by atoms with Crippen molar-refractivity contribution < 1.29 is 18.3 Å². The van der Waals surface area contributed by atoms with Crippen molar-refractivity contribution in [3.05, 3.63) is 30.1 Å². The molecule has 2 fully saturated rings. The monoisotopic (exact) mass is 353 g/mol. The molecule has 8 heteroatoms. The molecular formula is C16H23N3O4S. The Morgan fingerprint density at radius 3 is 2.83 bits per heavy atom. The van der Waals surface area contributed by atoms with Crippen molar-refractivity contribution in [1.82, 2.24) is 14.2 Å². The highest BCUT2D eigenvalue weighted by atomic mass is 32.2. The normalized spacial score (nSPS) is 29.1. The van der Waals surface area contributed by atoms with E-state index in [1.165, 1.54) is 4.31 Å². The van der Waals surface area contributed by atoms with Crippen LogP contribution in [0.2, 0.25) is 0 Å². The summed E-state index contributed by atoms with van der Waals surface area (Å²) >= 11 is 0. The molecule has 0 spiro atoms. The van der Waals surface area contributed by atoms with Crippen molar-refractivity contribution in [2.45, 2.75) is 19.4 Å². The number of fused-ring (bicyclic) bond motifs is 1. The number of aromatic nitrogens is 1. The molecule has 7 nitrogen and oxygen atoms in total. The number of likely N-dealkylation sites (tertiary alicyclic amines) is 1. The van der Waals surface area contributed by atoms with Gasteiger partial charge in [0.2, 0.25) is 10.0 Å². The molecule has 1 aromatic rings. The Labute approximate surface area is 142 Å². The minimum atomic E-state index is -3.38. The standard InChI is InChI=1S/C16H23N3O4S/c1-24(22,23)19-10-13-9-18(11-14-5-2-3-7-17-14)8-4-6-16(13,12-19)15(20)21/h2-3,5,7,13H,4,6,8-12H2,1H3,(H,20,21)/t13-,16-/m1/s1. The fourth-order valence-corrected chi connectivity index (χ4v) is 4.85. The Balaban J connectivity index is 1.82. The van der Waals surface area contributed by atoms with E-state index in [4.69, 9.17) is 0 Å². The molecule has 0 radical (unpaired) electrons. The quantitative estimate of drug-likeness (QED) is 0.854. The second-order valence-electron chi connectivity index (χ2n) is 6.87. The van der Waals surface area contributed by atoms with Crippen molar-refractivity contribution in [3.8, 4) is 0 Å². The van der Waals surface area contributed by atoms with Crippen LogP contribution in [0.4, 0.5) is 0 Å². The number of sulfonamides is 1. The third-order valence-corrected chi connectivity index (χ3v) is 6.46. The Bertz CT molecular complexity index is 709. The summed E-state index contributed by atoms with van der Waals surface area (Å²) in [5, 5.41) is 9.83. The zero-order valence-electron chi connectivity index (χ0n) is 13.8. The molecule has 3 heterocycles. The smallest absolute Gasteiger partial charge is 0.311 e. The van der Waals surface area contributed by atoms with Crippen molar-refractivity contribution in [2.24, 2.45) is 11.3 Å². The third-order valence-electron chi connectivity index (χ3n) is 5.25. The molecular weight excluding hydrogens is 330 g/mol. The van der Waals surface area contributed by atoms with Crippen LogP contribution in [0.5, 0.6) is 0 Å². The molecule has 3 rings (SSSR count). The molecule has 1 N–H and O–H groups in total. The first-order valence-corrected chi connectivity index (χ1v) is 9.97. The Kier molecular flexibility index (Phi) is 4.63. The van der Waals surface area contributed by atoms with Gasteiger partial charge in [0.1, 0.15) is 0 Å². The van der Waals surface area contributed by atoms with Gasteiger partial charge in [-0.05, 0) is 31.5 Å². The molecule has 0 amide bonds. The van der Waals surface area contributed by atoms with E-state index in [1.807, 2.05) is 18.2 Å². The van der Waals surface area contributed by atoms with Gasteiger partial charge in [-0.15, -0.1) is 0 Å². The first-order valence-electron chi connectivity index (χ1n) is 8.12. The average Bonchev–Trinajstić information content (AvgIpc) is 2.80. The van der Waals surface area contributed by atoms with E-state index >= 15 is 0 Å². The van der Waals surface area contributed by atoms with E-state index in [2.05, 4.69) is 9.88 Å². The molecule has 0 aromatic carbocycles. The van der Waals surface area contributed by atoms with Gasteiger partial charge in [-0.2, -0.15) is 0 Å². The molecule has 2 aliphatic rings. The van der Waals surface area contributed by atoms with Gasteiger partial charge in [-0.25, -0.2) is 12.7 Å². The number of carboxylic acid groups (broad SMARTS) is 1. The summed E-state index contributed by atoms with van der Waals surface area (Å²) in [6, 6.07) is 5.75. The molecule has 0 saturated carbocycles. The highest BCUT2D eigenvalue weighted by molar-refractivity contribution is 7.88. The highest BCUT2D eigenvalue weighted by Gasteiger charge is 2.55. The highest BCUT2D eigenvalue weighted by Crippen LogP contribution is 2.43. The van der Waals surface area contributed by atoms with Crippen molar-refractivity contribution >= 4 is 16.0 Å². The number of carboxylic acids is 1. The van der Waals surface area contributed by atoms with Gasteiger partial charge in [0, 0.05) is 38.3 Å². The number of rotatable bonds is 4. The van der Waals surface area contributed by atoms with Crippen molar-refractivity contribution in [3.63, 3.8) is 0 Å². The van der Waals surface area contributed by atoms with Crippen LogP contribution in [0, 0.1) is 11.3 Å². The zero-order valence-corrected chi connectivity index (χ0v) is 14.6. The summed E-state index contributed by atoms with van der Waals surface area (Å²) in [4.78, 5) is 18.5. The number of carbonyl (C=O) groups is 1. The molecule has 132 valence electrons.